The average Bonchev–Trinajstić information content (AvgIpc) is 2.67. The SMILES string of the molecule is COC(=O)[C@H](C)N(Cc1ccc(OC)cc1)Cc1ccc(OC)cc1. The molecule has 0 aliphatic carbocycles. The lowest BCUT2D eigenvalue weighted by atomic mass is 10.1. The van der Waals surface area contributed by atoms with E-state index in [9.17, 15) is 4.79 Å². The van der Waals surface area contributed by atoms with E-state index in [1.165, 1.54) is 7.11 Å². The fourth-order valence-electron chi connectivity index (χ4n) is 2.58. The molecule has 25 heavy (non-hydrogen) atoms. The highest BCUT2D eigenvalue weighted by Crippen LogP contribution is 2.19. The largest absolute Gasteiger partial charge is 0.497 e. The van der Waals surface area contributed by atoms with Crippen molar-refractivity contribution in [3.63, 3.8) is 0 Å². The second-order valence-corrected chi connectivity index (χ2v) is 5.80. The van der Waals surface area contributed by atoms with Crippen LogP contribution in [0.1, 0.15) is 18.1 Å². The summed E-state index contributed by atoms with van der Waals surface area (Å²) in [5.41, 5.74) is 2.20. The molecule has 0 saturated heterocycles. The monoisotopic (exact) mass is 343 g/mol. The normalized spacial score (nSPS) is 11.9. The Morgan fingerprint density at radius 1 is 0.840 bits per heavy atom. The third-order valence-electron chi connectivity index (χ3n) is 4.18. The van der Waals surface area contributed by atoms with Gasteiger partial charge in [-0.1, -0.05) is 24.3 Å². The van der Waals surface area contributed by atoms with Crippen LogP contribution < -0.4 is 9.47 Å². The van der Waals surface area contributed by atoms with Gasteiger partial charge in [-0.2, -0.15) is 0 Å². The van der Waals surface area contributed by atoms with Crippen LogP contribution in [-0.2, 0) is 22.6 Å². The molecule has 0 radical (unpaired) electrons. The fraction of sp³-hybridized carbons (Fsp3) is 0.350. The summed E-state index contributed by atoms with van der Waals surface area (Å²) in [7, 11) is 4.70. The molecule has 5 nitrogen and oxygen atoms in total. The van der Waals surface area contributed by atoms with Crippen molar-refractivity contribution in [2.45, 2.75) is 26.1 Å². The first-order valence-electron chi connectivity index (χ1n) is 8.15. The lowest BCUT2D eigenvalue weighted by Crippen LogP contribution is -2.38. The van der Waals surface area contributed by atoms with Crippen LogP contribution in [0.15, 0.2) is 48.5 Å². The predicted molar refractivity (Wildman–Crippen MR) is 96.7 cm³/mol. The van der Waals surface area contributed by atoms with Gasteiger partial charge in [-0.05, 0) is 42.3 Å². The standard InChI is InChI=1S/C20H25NO4/c1-15(20(22)25-4)21(13-16-5-9-18(23-2)10-6-16)14-17-7-11-19(24-3)12-8-17/h5-12,15H,13-14H2,1-4H3/t15-/m0/s1. The van der Waals surface area contributed by atoms with Crippen molar-refractivity contribution in [3.05, 3.63) is 59.7 Å². The van der Waals surface area contributed by atoms with E-state index in [2.05, 4.69) is 4.90 Å². The van der Waals surface area contributed by atoms with Crippen LogP contribution in [0, 0.1) is 0 Å². The Kier molecular flexibility index (Phi) is 6.83. The van der Waals surface area contributed by atoms with Crippen molar-refractivity contribution in [3.8, 4) is 11.5 Å². The van der Waals surface area contributed by atoms with E-state index in [0.717, 1.165) is 22.6 Å². The summed E-state index contributed by atoms with van der Waals surface area (Å²) in [5.74, 6) is 1.37. The van der Waals surface area contributed by atoms with Gasteiger partial charge in [0, 0.05) is 13.1 Å². The zero-order valence-corrected chi connectivity index (χ0v) is 15.2. The van der Waals surface area contributed by atoms with Crippen LogP contribution in [0.4, 0.5) is 0 Å². The number of ether oxygens (including phenoxy) is 3. The molecule has 0 aliphatic heterocycles. The van der Waals surface area contributed by atoms with E-state index in [1.54, 1.807) is 14.2 Å². The highest BCUT2D eigenvalue weighted by Gasteiger charge is 2.22. The van der Waals surface area contributed by atoms with E-state index in [0.29, 0.717) is 13.1 Å². The highest BCUT2D eigenvalue weighted by molar-refractivity contribution is 5.75. The second kappa shape index (κ2) is 9.08. The van der Waals surface area contributed by atoms with Crippen molar-refractivity contribution in [1.29, 1.82) is 0 Å². The molecule has 1 atom stereocenters. The quantitative estimate of drug-likeness (QED) is 0.689. The van der Waals surface area contributed by atoms with Gasteiger partial charge in [0.15, 0.2) is 0 Å². The molecule has 0 fully saturated rings. The minimum atomic E-state index is -0.353. The summed E-state index contributed by atoms with van der Waals surface area (Å²) in [5, 5.41) is 0. The summed E-state index contributed by atoms with van der Waals surface area (Å²) in [6.07, 6.45) is 0. The van der Waals surface area contributed by atoms with Crippen LogP contribution in [0.5, 0.6) is 11.5 Å². The van der Waals surface area contributed by atoms with E-state index in [1.807, 2.05) is 55.5 Å². The molecule has 5 heteroatoms. The number of carbonyl (C=O) groups excluding carboxylic acids is 1. The van der Waals surface area contributed by atoms with Crippen LogP contribution >= 0.6 is 0 Å². The highest BCUT2D eigenvalue weighted by atomic mass is 16.5. The first-order chi connectivity index (χ1) is 12.1. The molecule has 0 heterocycles. The maximum absolute atomic E-state index is 12.0. The summed E-state index contributed by atoms with van der Waals surface area (Å²) in [6, 6.07) is 15.3. The molecular formula is C20H25NO4. The van der Waals surface area contributed by atoms with E-state index in [-0.39, 0.29) is 12.0 Å². The number of methoxy groups -OCH3 is 3. The fourth-order valence-corrected chi connectivity index (χ4v) is 2.58. The van der Waals surface area contributed by atoms with Crippen LogP contribution in [0.2, 0.25) is 0 Å². The Hall–Kier alpha value is -2.53. The number of esters is 1. The Morgan fingerprint density at radius 2 is 1.24 bits per heavy atom. The molecule has 0 spiro atoms. The lowest BCUT2D eigenvalue weighted by molar-refractivity contribution is -0.146. The van der Waals surface area contributed by atoms with Crippen molar-refractivity contribution >= 4 is 5.97 Å². The van der Waals surface area contributed by atoms with Gasteiger partial charge in [-0.3, -0.25) is 9.69 Å². The Balaban J connectivity index is 2.17. The van der Waals surface area contributed by atoms with Gasteiger partial charge in [-0.15, -0.1) is 0 Å². The maximum atomic E-state index is 12.0. The molecule has 0 aliphatic rings. The zero-order valence-electron chi connectivity index (χ0n) is 15.2. The van der Waals surface area contributed by atoms with Gasteiger partial charge >= 0.3 is 5.97 Å². The molecule has 2 aromatic rings. The summed E-state index contributed by atoms with van der Waals surface area (Å²) in [4.78, 5) is 14.1. The molecular weight excluding hydrogens is 318 g/mol. The number of hydrogen-bond donors (Lipinski definition) is 0. The molecule has 0 bridgehead atoms. The van der Waals surface area contributed by atoms with Crippen LogP contribution in [0.25, 0.3) is 0 Å². The third-order valence-corrected chi connectivity index (χ3v) is 4.18. The molecule has 0 saturated carbocycles. The van der Waals surface area contributed by atoms with Gasteiger partial charge in [0.1, 0.15) is 17.5 Å². The predicted octanol–water partition coefficient (Wildman–Crippen LogP) is 3.27. The smallest absolute Gasteiger partial charge is 0.322 e. The van der Waals surface area contributed by atoms with Gasteiger partial charge in [0.25, 0.3) is 0 Å². The van der Waals surface area contributed by atoms with E-state index < -0.39 is 0 Å². The summed E-state index contributed by atoms with van der Waals surface area (Å²) < 4.78 is 15.3. The second-order valence-electron chi connectivity index (χ2n) is 5.80. The lowest BCUT2D eigenvalue weighted by Gasteiger charge is -2.27. The maximum Gasteiger partial charge on any atom is 0.322 e. The summed E-state index contributed by atoms with van der Waals surface area (Å²) in [6.45, 7) is 3.12. The number of rotatable bonds is 8. The molecule has 0 N–H and O–H groups in total. The number of carbonyl (C=O) groups is 1. The summed E-state index contributed by atoms with van der Waals surface area (Å²) >= 11 is 0. The van der Waals surface area contributed by atoms with E-state index >= 15 is 0 Å². The minimum Gasteiger partial charge on any atom is -0.497 e. The van der Waals surface area contributed by atoms with Gasteiger partial charge in [-0.25, -0.2) is 0 Å². The van der Waals surface area contributed by atoms with Crippen molar-refractivity contribution in [2.24, 2.45) is 0 Å². The Morgan fingerprint density at radius 3 is 1.56 bits per heavy atom. The zero-order chi connectivity index (χ0) is 18.2. The van der Waals surface area contributed by atoms with Gasteiger partial charge < -0.3 is 14.2 Å². The molecule has 0 aromatic heterocycles. The molecule has 2 aromatic carbocycles. The minimum absolute atomic E-state index is 0.248. The van der Waals surface area contributed by atoms with Crippen molar-refractivity contribution < 1.29 is 19.0 Å². The molecule has 134 valence electrons. The molecule has 2 rings (SSSR count). The number of nitrogens with zero attached hydrogens (tertiary/aromatic N) is 1. The molecule has 0 unspecified atom stereocenters. The topological polar surface area (TPSA) is 48.0 Å². The van der Waals surface area contributed by atoms with E-state index in [4.69, 9.17) is 14.2 Å². The average molecular weight is 343 g/mol. The van der Waals surface area contributed by atoms with Crippen molar-refractivity contribution in [2.75, 3.05) is 21.3 Å². The third kappa shape index (κ3) is 5.22. The molecule has 0 amide bonds. The first kappa shape index (κ1) is 18.8. The Labute approximate surface area is 149 Å². The first-order valence-corrected chi connectivity index (χ1v) is 8.15. The van der Waals surface area contributed by atoms with Crippen LogP contribution in [0.3, 0.4) is 0 Å². The Bertz CT molecular complexity index is 618. The van der Waals surface area contributed by atoms with Gasteiger partial charge in [0.2, 0.25) is 0 Å². The number of hydrogen-bond acceptors (Lipinski definition) is 5. The van der Waals surface area contributed by atoms with Crippen LogP contribution in [-0.4, -0.2) is 38.2 Å². The number of benzene rings is 2. The van der Waals surface area contributed by atoms with Gasteiger partial charge in [0.05, 0.1) is 21.3 Å². The van der Waals surface area contributed by atoms with Crippen molar-refractivity contribution in [1.82, 2.24) is 4.90 Å².